The second-order valence-corrected chi connectivity index (χ2v) is 6.90. The molecular formula is C13H17BrO2S. The highest BCUT2D eigenvalue weighted by Crippen LogP contribution is 2.12. The van der Waals surface area contributed by atoms with E-state index in [1.165, 1.54) is 0 Å². The van der Waals surface area contributed by atoms with Crippen LogP contribution in [0.25, 0.3) is 0 Å². The van der Waals surface area contributed by atoms with E-state index in [-0.39, 0.29) is 11.5 Å². The fourth-order valence-corrected chi connectivity index (χ4v) is 3.07. The Morgan fingerprint density at radius 1 is 1.41 bits per heavy atom. The lowest BCUT2D eigenvalue weighted by molar-refractivity contribution is 0.102. The van der Waals surface area contributed by atoms with Gasteiger partial charge >= 0.3 is 0 Å². The number of hydrogen-bond donors (Lipinski definition) is 0. The van der Waals surface area contributed by atoms with Gasteiger partial charge in [0.1, 0.15) is 0 Å². The maximum Gasteiger partial charge on any atom is 0.175 e. The summed E-state index contributed by atoms with van der Waals surface area (Å²) in [5.41, 5.74) is 0.622. The maximum atomic E-state index is 11.8. The molecule has 1 unspecified atom stereocenters. The summed E-state index contributed by atoms with van der Waals surface area (Å²) in [6.07, 6.45) is 0.901. The molecule has 0 spiro atoms. The molecule has 1 aromatic carbocycles. The van der Waals surface area contributed by atoms with Crippen molar-refractivity contribution in [2.45, 2.75) is 20.3 Å². The number of ketones is 1. The van der Waals surface area contributed by atoms with Crippen molar-refractivity contribution in [3.8, 4) is 0 Å². The van der Waals surface area contributed by atoms with Crippen molar-refractivity contribution in [2.75, 3.05) is 11.5 Å². The minimum absolute atomic E-state index is 0.0478. The Balaban J connectivity index is 2.52. The van der Waals surface area contributed by atoms with E-state index in [9.17, 15) is 9.00 Å². The summed E-state index contributed by atoms with van der Waals surface area (Å²) in [7, 11) is -1.04. The molecular weight excluding hydrogens is 300 g/mol. The molecule has 0 aromatic heterocycles. The highest BCUT2D eigenvalue weighted by Gasteiger charge is 2.11. The fraction of sp³-hybridized carbons (Fsp3) is 0.462. The van der Waals surface area contributed by atoms with Gasteiger partial charge in [-0.2, -0.15) is 0 Å². The minimum Gasteiger partial charge on any atom is -0.293 e. The van der Waals surface area contributed by atoms with Crippen LogP contribution < -0.4 is 0 Å². The molecule has 0 heterocycles. The predicted octanol–water partition coefficient (Wildman–Crippen LogP) is 3.43. The van der Waals surface area contributed by atoms with Gasteiger partial charge in [-0.15, -0.1) is 0 Å². The lowest BCUT2D eigenvalue weighted by atomic mass is 10.1. The van der Waals surface area contributed by atoms with E-state index in [2.05, 4.69) is 29.8 Å². The van der Waals surface area contributed by atoms with Gasteiger partial charge in [0.05, 0.1) is 5.75 Å². The maximum absolute atomic E-state index is 11.8. The first-order valence-corrected chi connectivity index (χ1v) is 7.91. The monoisotopic (exact) mass is 316 g/mol. The standard InChI is InChI=1S/C13H17BrO2S/c1-10(2)6-7-17(16)9-13(15)11-4-3-5-12(14)8-11/h3-5,8,10H,6-7,9H2,1-2H3. The zero-order valence-corrected chi connectivity index (χ0v) is 12.5. The van der Waals surface area contributed by atoms with Crippen LogP contribution in [0.2, 0.25) is 0 Å². The molecule has 0 aliphatic rings. The highest BCUT2D eigenvalue weighted by atomic mass is 79.9. The topological polar surface area (TPSA) is 34.1 Å². The van der Waals surface area contributed by atoms with Crippen molar-refractivity contribution < 1.29 is 9.00 Å². The second kappa shape index (κ2) is 7.07. The van der Waals surface area contributed by atoms with Gasteiger partial charge in [-0.3, -0.25) is 9.00 Å². The molecule has 94 valence electrons. The minimum atomic E-state index is -1.04. The summed E-state index contributed by atoms with van der Waals surface area (Å²) >= 11 is 3.32. The van der Waals surface area contributed by atoms with Crippen molar-refractivity contribution in [1.29, 1.82) is 0 Å². The summed E-state index contributed by atoms with van der Waals surface area (Å²) in [6, 6.07) is 7.20. The summed E-state index contributed by atoms with van der Waals surface area (Å²) in [5.74, 6) is 1.22. The molecule has 0 bridgehead atoms. The molecule has 17 heavy (non-hydrogen) atoms. The SMILES string of the molecule is CC(C)CCS(=O)CC(=O)c1cccc(Br)c1. The molecule has 0 amide bonds. The lowest BCUT2D eigenvalue weighted by Gasteiger charge is -2.05. The Kier molecular flexibility index (Phi) is 6.06. The Morgan fingerprint density at radius 3 is 2.71 bits per heavy atom. The van der Waals surface area contributed by atoms with Gasteiger partial charge in [0, 0.05) is 26.6 Å². The van der Waals surface area contributed by atoms with Crippen LogP contribution in [0.1, 0.15) is 30.6 Å². The molecule has 2 nitrogen and oxygen atoms in total. The Hall–Kier alpha value is -0.480. The number of benzene rings is 1. The molecule has 0 N–H and O–H groups in total. The van der Waals surface area contributed by atoms with Crippen molar-refractivity contribution >= 4 is 32.5 Å². The van der Waals surface area contributed by atoms with Crippen LogP contribution in [0.3, 0.4) is 0 Å². The average Bonchev–Trinajstić information content (AvgIpc) is 2.26. The van der Waals surface area contributed by atoms with Crippen LogP contribution in [0.4, 0.5) is 0 Å². The quantitative estimate of drug-likeness (QED) is 0.753. The second-order valence-electron chi connectivity index (χ2n) is 4.40. The van der Waals surface area contributed by atoms with Crippen LogP contribution in [-0.4, -0.2) is 21.5 Å². The number of Topliss-reactive ketones (excluding diaryl/α,β-unsaturated/α-hetero) is 1. The smallest absolute Gasteiger partial charge is 0.175 e. The van der Waals surface area contributed by atoms with Crippen LogP contribution in [0, 0.1) is 5.92 Å². The van der Waals surface area contributed by atoms with Crippen molar-refractivity contribution in [3.05, 3.63) is 34.3 Å². The highest BCUT2D eigenvalue weighted by molar-refractivity contribution is 9.10. The van der Waals surface area contributed by atoms with Gasteiger partial charge in [-0.1, -0.05) is 41.9 Å². The summed E-state index contributed by atoms with van der Waals surface area (Å²) < 4.78 is 12.6. The van der Waals surface area contributed by atoms with Crippen LogP contribution >= 0.6 is 15.9 Å². The van der Waals surface area contributed by atoms with Crippen molar-refractivity contribution in [2.24, 2.45) is 5.92 Å². The van der Waals surface area contributed by atoms with Gasteiger partial charge < -0.3 is 0 Å². The largest absolute Gasteiger partial charge is 0.293 e. The molecule has 0 aliphatic carbocycles. The number of hydrogen-bond acceptors (Lipinski definition) is 2. The number of halogens is 1. The van der Waals surface area contributed by atoms with E-state index < -0.39 is 10.8 Å². The molecule has 0 saturated carbocycles. The van der Waals surface area contributed by atoms with E-state index in [0.717, 1.165) is 10.9 Å². The summed E-state index contributed by atoms with van der Waals surface area (Å²) in [4.78, 5) is 11.8. The molecule has 0 fully saturated rings. The summed E-state index contributed by atoms with van der Waals surface area (Å²) in [5, 5.41) is 0. The molecule has 4 heteroatoms. The zero-order valence-electron chi connectivity index (χ0n) is 10.1. The zero-order chi connectivity index (χ0) is 12.8. The number of carbonyl (C=O) groups excluding carboxylic acids is 1. The molecule has 1 rings (SSSR count). The van der Waals surface area contributed by atoms with Crippen LogP contribution in [0.15, 0.2) is 28.7 Å². The van der Waals surface area contributed by atoms with Gasteiger partial charge in [-0.05, 0) is 24.5 Å². The van der Waals surface area contributed by atoms with Crippen molar-refractivity contribution in [3.63, 3.8) is 0 Å². The van der Waals surface area contributed by atoms with Crippen molar-refractivity contribution in [1.82, 2.24) is 0 Å². The molecule has 0 saturated heterocycles. The normalized spacial score (nSPS) is 12.7. The molecule has 1 aromatic rings. The third-order valence-electron chi connectivity index (χ3n) is 2.36. The number of carbonyl (C=O) groups is 1. The Morgan fingerprint density at radius 2 is 2.12 bits per heavy atom. The average molecular weight is 317 g/mol. The molecule has 0 radical (unpaired) electrons. The Bertz CT molecular complexity index is 416. The molecule has 1 atom stereocenters. The van der Waals surface area contributed by atoms with E-state index in [1.54, 1.807) is 12.1 Å². The van der Waals surface area contributed by atoms with E-state index >= 15 is 0 Å². The summed E-state index contributed by atoms with van der Waals surface area (Å²) in [6.45, 7) is 4.18. The van der Waals surface area contributed by atoms with Gasteiger partial charge in [0.15, 0.2) is 5.78 Å². The first kappa shape index (κ1) is 14.6. The van der Waals surface area contributed by atoms with Gasteiger partial charge in [0.25, 0.3) is 0 Å². The first-order valence-electron chi connectivity index (χ1n) is 5.62. The van der Waals surface area contributed by atoms with E-state index in [0.29, 0.717) is 17.2 Å². The Labute approximate surface area is 113 Å². The van der Waals surface area contributed by atoms with Gasteiger partial charge in [-0.25, -0.2) is 0 Å². The first-order chi connectivity index (χ1) is 7.99. The number of rotatable bonds is 6. The van der Waals surface area contributed by atoms with Gasteiger partial charge in [0.2, 0.25) is 0 Å². The fourth-order valence-electron chi connectivity index (χ4n) is 1.33. The van der Waals surface area contributed by atoms with E-state index in [1.807, 2.05) is 12.1 Å². The predicted molar refractivity (Wildman–Crippen MR) is 75.8 cm³/mol. The van der Waals surface area contributed by atoms with Crippen LogP contribution in [0.5, 0.6) is 0 Å². The van der Waals surface area contributed by atoms with E-state index in [4.69, 9.17) is 0 Å². The third kappa shape index (κ3) is 5.59. The lowest BCUT2D eigenvalue weighted by Crippen LogP contribution is -2.14. The molecule has 0 aliphatic heterocycles. The van der Waals surface area contributed by atoms with Crippen LogP contribution in [-0.2, 0) is 10.8 Å². The third-order valence-corrected chi connectivity index (χ3v) is 4.13.